The minimum atomic E-state index is -0.780. The summed E-state index contributed by atoms with van der Waals surface area (Å²) in [5.41, 5.74) is 0.979. The molecule has 1 aromatic carbocycles. The van der Waals surface area contributed by atoms with Gasteiger partial charge in [0.25, 0.3) is 5.91 Å². The van der Waals surface area contributed by atoms with Crippen molar-refractivity contribution in [1.82, 2.24) is 5.32 Å². The van der Waals surface area contributed by atoms with Crippen molar-refractivity contribution in [3.63, 3.8) is 0 Å². The van der Waals surface area contributed by atoms with Crippen LogP contribution in [0.4, 0.5) is 0 Å². The molecule has 0 spiro atoms. The molecule has 108 valence electrons. The van der Waals surface area contributed by atoms with E-state index in [9.17, 15) is 9.59 Å². The number of rotatable bonds is 5. The second kappa shape index (κ2) is 6.41. The zero-order valence-electron chi connectivity index (χ0n) is 11.5. The largest absolute Gasteiger partial charge is 0.484 e. The van der Waals surface area contributed by atoms with Gasteiger partial charge < -0.3 is 15.2 Å². The normalized spacial score (nSPS) is 21.4. The summed E-state index contributed by atoms with van der Waals surface area (Å²) in [6.07, 6.45) is 1.84. The number of carboxylic acids is 1. The van der Waals surface area contributed by atoms with E-state index < -0.39 is 5.97 Å². The number of hydrogen-bond donors (Lipinski definition) is 2. The number of carbonyl (C=O) groups excluding carboxylic acids is 1. The van der Waals surface area contributed by atoms with Gasteiger partial charge in [-0.05, 0) is 37.8 Å². The van der Waals surface area contributed by atoms with Gasteiger partial charge >= 0.3 is 5.97 Å². The molecular weight excluding hydrogens is 258 g/mol. The van der Waals surface area contributed by atoms with E-state index in [4.69, 9.17) is 9.84 Å². The van der Waals surface area contributed by atoms with E-state index in [1.165, 1.54) is 0 Å². The number of carboxylic acid groups (broad SMARTS) is 1. The summed E-state index contributed by atoms with van der Waals surface area (Å²) in [5, 5.41) is 11.7. The molecule has 20 heavy (non-hydrogen) atoms. The maximum atomic E-state index is 11.8. The van der Waals surface area contributed by atoms with Gasteiger partial charge in [-0.15, -0.1) is 0 Å². The predicted octanol–water partition coefficient (Wildman–Crippen LogP) is 1.74. The minimum Gasteiger partial charge on any atom is -0.484 e. The summed E-state index contributed by atoms with van der Waals surface area (Å²) in [7, 11) is 0. The van der Waals surface area contributed by atoms with Crippen LogP contribution in [0.3, 0.4) is 0 Å². The van der Waals surface area contributed by atoms with Gasteiger partial charge in [-0.1, -0.05) is 18.2 Å². The van der Waals surface area contributed by atoms with Crippen LogP contribution in [-0.4, -0.2) is 29.6 Å². The Balaban J connectivity index is 1.77. The lowest BCUT2D eigenvalue weighted by molar-refractivity contribution is -0.141. The van der Waals surface area contributed by atoms with Crippen molar-refractivity contribution in [2.75, 3.05) is 6.61 Å². The van der Waals surface area contributed by atoms with Crippen molar-refractivity contribution in [3.05, 3.63) is 29.8 Å². The molecule has 1 aliphatic carbocycles. The first-order valence-electron chi connectivity index (χ1n) is 6.77. The molecule has 5 nitrogen and oxygen atoms in total. The minimum absolute atomic E-state index is 0.0426. The van der Waals surface area contributed by atoms with E-state index in [1.807, 2.05) is 31.2 Å². The number of para-hydroxylation sites is 1. The molecule has 0 saturated heterocycles. The SMILES string of the molecule is Cc1ccccc1OCC(=O)N[C@H]1CC[C@@H](C(=O)O)C1. The summed E-state index contributed by atoms with van der Waals surface area (Å²) < 4.78 is 5.45. The summed E-state index contributed by atoms with van der Waals surface area (Å²) in [4.78, 5) is 22.6. The van der Waals surface area contributed by atoms with Crippen molar-refractivity contribution < 1.29 is 19.4 Å². The van der Waals surface area contributed by atoms with Crippen LogP contribution in [0.1, 0.15) is 24.8 Å². The summed E-state index contributed by atoms with van der Waals surface area (Å²) in [6, 6.07) is 7.45. The van der Waals surface area contributed by atoms with Crippen molar-refractivity contribution in [1.29, 1.82) is 0 Å². The average molecular weight is 277 g/mol. The highest BCUT2D eigenvalue weighted by Gasteiger charge is 2.30. The number of aliphatic carboxylic acids is 1. The van der Waals surface area contributed by atoms with Crippen LogP contribution in [-0.2, 0) is 9.59 Å². The van der Waals surface area contributed by atoms with Crippen molar-refractivity contribution >= 4 is 11.9 Å². The highest BCUT2D eigenvalue weighted by molar-refractivity contribution is 5.78. The van der Waals surface area contributed by atoms with Crippen LogP contribution < -0.4 is 10.1 Å². The fraction of sp³-hybridized carbons (Fsp3) is 0.467. The Bertz CT molecular complexity index is 500. The maximum Gasteiger partial charge on any atom is 0.306 e. The van der Waals surface area contributed by atoms with Crippen LogP contribution >= 0.6 is 0 Å². The molecule has 0 aromatic heterocycles. The van der Waals surface area contributed by atoms with E-state index >= 15 is 0 Å². The number of amides is 1. The molecule has 0 aliphatic heterocycles. The first kappa shape index (κ1) is 14.4. The summed E-state index contributed by atoms with van der Waals surface area (Å²) in [5.74, 6) is -0.628. The summed E-state index contributed by atoms with van der Waals surface area (Å²) >= 11 is 0. The molecule has 2 N–H and O–H groups in total. The molecule has 5 heteroatoms. The van der Waals surface area contributed by atoms with Crippen LogP contribution in [0, 0.1) is 12.8 Å². The Morgan fingerprint density at radius 2 is 2.10 bits per heavy atom. The number of nitrogens with one attached hydrogen (secondary N) is 1. The van der Waals surface area contributed by atoms with Crippen molar-refractivity contribution in [2.24, 2.45) is 5.92 Å². The Hall–Kier alpha value is -2.04. The van der Waals surface area contributed by atoms with Gasteiger partial charge in [-0.2, -0.15) is 0 Å². The first-order chi connectivity index (χ1) is 9.56. The maximum absolute atomic E-state index is 11.8. The topological polar surface area (TPSA) is 75.6 Å². The molecule has 0 bridgehead atoms. The zero-order chi connectivity index (χ0) is 14.5. The highest BCUT2D eigenvalue weighted by Crippen LogP contribution is 2.25. The summed E-state index contributed by atoms with van der Waals surface area (Å²) in [6.45, 7) is 1.88. The van der Waals surface area contributed by atoms with E-state index in [0.29, 0.717) is 25.0 Å². The molecule has 0 radical (unpaired) electrons. The predicted molar refractivity (Wildman–Crippen MR) is 73.6 cm³/mol. The molecule has 0 unspecified atom stereocenters. The van der Waals surface area contributed by atoms with Crippen LogP contribution in [0.25, 0.3) is 0 Å². The number of carbonyl (C=O) groups is 2. The van der Waals surface area contributed by atoms with Crippen LogP contribution in [0.15, 0.2) is 24.3 Å². The lowest BCUT2D eigenvalue weighted by Gasteiger charge is -2.13. The number of aryl methyl sites for hydroxylation is 1. The fourth-order valence-corrected chi connectivity index (χ4v) is 2.47. The third kappa shape index (κ3) is 3.73. The lowest BCUT2D eigenvalue weighted by atomic mass is 10.1. The third-order valence-corrected chi connectivity index (χ3v) is 3.60. The van der Waals surface area contributed by atoms with Crippen molar-refractivity contribution in [3.8, 4) is 5.75 Å². The molecule has 1 amide bonds. The van der Waals surface area contributed by atoms with Crippen LogP contribution in [0.2, 0.25) is 0 Å². The Labute approximate surface area is 117 Å². The average Bonchev–Trinajstić information content (AvgIpc) is 2.86. The molecule has 1 fully saturated rings. The molecule has 1 saturated carbocycles. The molecule has 1 aromatic rings. The van der Waals surface area contributed by atoms with Gasteiger partial charge in [-0.3, -0.25) is 9.59 Å². The first-order valence-corrected chi connectivity index (χ1v) is 6.77. The second-order valence-electron chi connectivity index (χ2n) is 5.17. The Kier molecular flexibility index (Phi) is 4.61. The smallest absolute Gasteiger partial charge is 0.306 e. The Morgan fingerprint density at radius 1 is 1.35 bits per heavy atom. The van der Waals surface area contributed by atoms with E-state index in [0.717, 1.165) is 5.56 Å². The molecule has 0 heterocycles. The standard InChI is InChI=1S/C15H19NO4/c1-10-4-2-3-5-13(10)20-9-14(17)16-12-7-6-11(8-12)15(18)19/h2-5,11-12H,6-9H2,1H3,(H,16,17)(H,18,19)/t11-,12+/m1/s1. The van der Waals surface area contributed by atoms with Crippen molar-refractivity contribution in [2.45, 2.75) is 32.2 Å². The van der Waals surface area contributed by atoms with Crippen LogP contribution in [0.5, 0.6) is 5.75 Å². The number of benzene rings is 1. The molecular formula is C15H19NO4. The van der Waals surface area contributed by atoms with Gasteiger partial charge in [0.05, 0.1) is 5.92 Å². The van der Waals surface area contributed by atoms with E-state index in [-0.39, 0.29) is 24.5 Å². The van der Waals surface area contributed by atoms with Gasteiger partial charge in [0.2, 0.25) is 0 Å². The van der Waals surface area contributed by atoms with Gasteiger partial charge in [0.1, 0.15) is 5.75 Å². The zero-order valence-corrected chi connectivity index (χ0v) is 11.5. The van der Waals surface area contributed by atoms with E-state index in [2.05, 4.69) is 5.32 Å². The lowest BCUT2D eigenvalue weighted by Crippen LogP contribution is -2.36. The van der Waals surface area contributed by atoms with E-state index in [1.54, 1.807) is 0 Å². The quantitative estimate of drug-likeness (QED) is 0.859. The Morgan fingerprint density at radius 3 is 2.75 bits per heavy atom. The fourth-order valence-electron chi connectivity index (χ4n) is 2.47. The molecule has 2 rings (SSSR count). The number of ether oxygens (including phenoxy) is 1. The molecule has 2 atom stereocenters. The molecule has 1 aliphatic rings. The van der Waals surface area contributed by atoms with Gasteiger partial charge in [0, 0.05) is 6.04 Å². The van der Waals surface area contributed by atoms with Gasteiger partial charge in [0.15, 0.2) is 6.61 Å². The second-order valence-corrected chi connectivity index (χ2v) is 5.17. The third-order valence-electron chi connectivity index (χ3n) is 3.60. The van der Waals surface area contributed by atoms with Gasteiger partial charge in [-0.25, -0.2) is 0 Å². The highest BCUT2D eigenvalue weighted by atomic mass is 16.5. The number of hydrogen-bond acceptors (Lipinski definition) is 3. The monoisotopic (exact) mass is 277 g/mol.